The Hall–Kier alpha value is -2.23. The molecule has 0 aliphatic rings. The van der Waals surface area contributed by atoms with E-state index in [4.69, 9.17) is 4.74 Å². The maximum atomic E-state index is 10.2. The van der Waals surface area contributed by atoms with Crippen molar-refractivity contribution < 1.29 is 14.6 Å². The number of aromatic nitrogens is 1. The van der Waals surface area contributed by atoms with E-state index in [-0.39, 0.29) is 12.0 Å². The van der Waals surface area contributed by atoms with E-state index in [2.05, 4.69) is 0 Å². The molecule has 0 saturated heterocycles. The van der Waals surface area contributed by atoms with E-state index in [1.807, 2.05) is 30.6 Å². The minimum absolute atomic E-state index is 0.242. The normalized spacial score (nSPS) is 12.1. The number of phenols is 1. The van der Waals surface area contributed by atoms with Crippen LogP contribution in [0, 0.1) is 0 Å². The van der Waals surface area contributed by atoms with Gasteiger partial charge in [0.1, 0.15) is 5.75 Å². The van der Waals surface area contributed by atoms with Crippen molar-refractivity contribution in [1.82, 2.24) is 4.57 Å². The first-order chi connectivity index (χ1) is 8.20. The summed E-state index contributed by atoms with van der Waals surface area (Å²) in [6.07, 6.45) is 3.41. The highest BCUT2D eigenvalue weighted by atomic mass is 16.5. The van der Waals surface area contributed by atoms with Gasteiger partial charge in [-0.2, -0.15) is 0 Å². The Morgan fingerprint density at radius 3 is 2.59 bits per heavy atom. The number of rotatable bonds is 4. The molecule has 1 aromatic heterocycles. The quantitative estimate of drug-likeness (QED) is 0.823. The summed E-state index contributed by atoms with van der Waals surface area (Å²) >= 11 is 0. The molecule has 1 atom stereocenters. The highest BCUT2D eigenvalue weighted by Gasteiger charge is 2.06. The number of ether oxygens (including phenoxy) is 1. The molecule has 0 spiro atoms. The molecule has 88 valence electrons. The smallest absolute Gasteiger partial charge is 0.295 e. The van der Waals surface area contributed by atoms with E-state index < -0.39 is 0 Å². The third-order valence-electron chi connectivity index (χ3n) is 2.59. The topological polar surface area (TPSA) is 51.5 Å². The molecule has 4 nitrogen and oxygen atoms in total. The fourth-order valence-electron chi connectivity index (χ4n) is 1.61. The van der Waals surface area contributed by atoms with Crippen molar-refractivity contribution in [3.8, 4) is 16.9 Å². The van der Waals surface area contributed by atoms with Gasteiger partial charge in [0, 0.05) is 12.4 Å². The average Bonchev–Trinajstić information content (AvgIpc) is 2.80. The summed E-state index contributed by atoms with van der Waals surface area (Å²) in [5.74, 6) is 0.242. The fraction of sp³-hybridized carbons (Fsp3) is 0.154. The summed E-state index contributed by atoms with van der Waals surface area (Å²) in [4.78, 5) is 10.2. The highest BCUT2D eigenvalue weighted by Crippen LogP contribution is 2.23. The summed E-state index contributed by atoms with van der Waals surface area (Å²) in [6.45, 7) is 2.22. The van der Waals surface area contributed by atoms with Gasteiger partial charge in [-0.3, -0.25) is 4.79 Å². The largest absolute Gasteiger partial charge is 0.508 e. The van der Waals surface area contributed by atoms with Crippen LogP contribution >= 0.6 is 0 Å². The molecular weight excluding hydrogens is 218 g/mol. The van der Waals surface area contributed by atoms with Gasteiger partial charge in [-0.25, -0.2) is 0 Å². The van der Waals surface area contributed by atoms with Gasteiger partial charge in [-0.05, 0) is 36.2 Å². The minimum Gasteiger partial charge on any atom is -0.508 e. The lowest BCUT2D eigenvalue weighted by Gasteiger charge is -2.10. The van der Waals surface area contributed by atoms with Gasteiger partial charge >= 0.3 is 0 Å². The van der Waals surface area contributed by atoms with E-state index in [1.165, 1.54) is 0 Å². The maximum Gasteiger partial charge on any atom is 0.295 e. The molecule has 0 aliphatic carbocycles. The second-order valence-corrected chi connectivity index (χ2v) is 3.73. The van der Waals surface area contributed by atoms with Crippen molar-refractivity contribution in [2.75, 3.05) is 0 Å². The van der Waals surface area contributed by atoms with Crippen LogP contribution in [-0.2, 0) is 9.53 Å². The van der Waals surface area contributed by atoms with Gasteiger partial charge in [0.15, 0.2) is 6.23 Å². The zero-order chi connectivity index (χ0) is 12.3. The molecule has 0 radical (unpaired) electrons. The van der Waals surface area contributed by atoms with Crippen LogP contribution in [0.25, 0.3) is 11.1 Å². The van der Waals surface area contributed by atoms with E-state index in [0.717, 1.165) is 11.1 Å². The molecule has 0 fully saturated rings. The number of aromatic hydroxyl groups is 1. The highest BCUT2D eigenvalue weighted by molar-refractivity contribution is 5.63. The van der Waals surface area contributed by atoms with Crippen molar-refractivity contribution in [2.45, 2.75) is 13.2 Å². The van der Waals surface area contributed by atoms with Crippen LogP contribution in [0.4, 0.5) is 0 Å². The number of benzene rings is 1. The molecule has 0 bridgehead atoms. The fourth-order valence-corrected chi connectivity index (χ4v) is 1.61. The zero-order valence-corrected chi connectivity index (χ0v) is 9.41. The van der Waals surface area contributed by atoms with Crippen LogP contribution in [0.5, 0.6) is 5.75 Å². The summed E-state index contributed by atoms with van der Waals surface area (Å²) in [5.41, 5.74) is 2.01. The molecule has 1 unspecified atom stereocenters. The molecule has 4 heteroatoms. The first-order valence-corrected chi connectivity index (χ1v) is 5.26. The lowest BCUT2D eigenvalue weighted by Crippen LogP contribution is -2.05. The Kier molecular flexibility index (Phi) is 3.14. The van der Waals surface area contributed by atoms with Crippen LogP contribution in [-0.4, -0.2) is 16.1 Å². The van der Waals surface area contributed by atoms with Crippen molar-refractivity contribution >= 4 is 6.47 Å². The van der Waals surface area contributed by atoms with Gasteiger partial charge in [0.05, 0.1) is 0 Å². The second kappa shape index (κ2) is 4.74. The van der Waals surface area contributed by atoms with Gasteiger partial charge in [-0.15, -0.1) is 0 Å². The summed E-state index contributed by atoms with van der Waals surface area (Å²) in [5, 5.41) is 9.20. The van der Waals surface area contributed by atoms with E-state index in [1.54, 1.807) is 23.6 Å². The Morgan fingerprint density at radius 1 is 1.24 bits per heavy atom. The van der Waals surface area contributed by atoms with Crippen molar-refractivity contribution in [3.05, 3.63) is 42.7 Å². The lowest BCUT2D eigenvalue weighted by molar-refractivity contribution is -0.136. The molecule has 1 aromatic carbocycles. The Bertz CT molecular complexity index is 502. The molecule has 0 amide bonds. The molecule has 2 aromatic rings. The Morgan fingerprint density at radius 2 is 1.94 bits per heavy atom. The summed E-state index contributed by atoms with van der Waals surface area (Å²) in [6, 6.07) is 8.87. The molecule has 2 rings (SSSR count). The van der Waals surface area contributed by atoms with E-state index >= 15 is 0 Å². The molecule has 1 heterocycles. The van der Waals surface area contributed by atoms with Crippen LogP contribution in [0.15, 0.2) is 42.7 Å². The number of carbonyl (C=O) groups is 1. The van der Waals surface area contributed by atoms with Crippen molar-refractivity contribution in [2.24, 2.45) is 0 Å². The van der Waals surface area contributed by atoms with Crippen molar-refractivity contribution in [1.29, 1.82) is 0 Å². The van der Waals surface area contributed by atoms with Crippen LogP contribution in [0.1, 0.15) is 13.2 Å². The van der Waals surface area contributed by atoms with Crippen LogP contribution in [0.2, 0.25) is 0 Å². The number of hydrogen-bond donors (Lipinski definition) is 1. The molecule has 0 aliphatic heterocycles. The van der Waals surface area contributed by atoms with Gasteiger partial charge < -0.3 is 14.4 Å². The minimum atomic E-state index is -0.321. The molecule has 0 saturated carbocycles. The predicted octanol–water partition coefficient (Wildman–Crippen LogP) is 2.55. The summed E-state index contributed by atoms with van der Waals surface area (Å²) < 4.78 is 6.64. The zero-order valence-electron chi connectivity index (χ0n) is 9.41. The Labute approximate surface area is 99.1 Å². The van der Waals surface area contributed by atoms with Gasteiger partial charge in [-0.1, -0.05) is 12.1 Å². The third kappa shape index (κ3) is 2.47. The van der Waals surface area contributed by atoms with Crippen LogP contribution in [0.3, 0.4) is 0 Å². The monoisotopic (exact) mass is 231 g/mol. The van der Waals surface area contributed by atoms with Gasteiger partial charge in [0.2, 0.25) is 0 Å². The SMILES string of the molecule is CC(OC=O)n1ccc(-c2ccc(O)cc2)c1. The number of carbonyl (C=O) groups excluding carboxylic acids is 1. The van der Waals surface area contributed by atoms with Gasteiger partial charge in [0.25, 0.3) is 6.47 Å². The lowest BCUT2D eigenvalue weighted by atomic mass is 10.1. The first-order valence-electron chi connectivity index (χ1n) is 5.26. The second-order valence-electron chi connectivity index (χ2n) is 3.73. The number of phenolic OH excluding ortho intramolecular Hbond substituents is 1. The number of nitrogens with zero attached hydrogens (tertiary/aromatic N) is 1. The first kappa shape index (κ1) is 11.3. The standard InChI is InChI=1S/C13H13NO3/c1-10(17-9-15)14-7-6-12(8-14)11-2-4-13(16)5-3-11/h2-10,16H,1H3. The molecule has 1 N–H and O–H groups in total. The molecular formula is C13H13NO3. The van der Waals surface area contributed by atoms with E-state index in [9.17, 15) is 9.90 Å². The maximum absolute atomic E-state index is 10.2. The average molecular weight is 231 g/mol. The molecule has 17 heavy (non-hydrogen) atoms. The Balaban J connectivity index is 2.23. The predicted molar refractivity (Wildman–Crippen MR) is 63.4 cm³/mol. The summed E-state index contributed by atoms with van der Waals surface area (Å²) in [7, 11) is 0. The van der Waals surface area contributed by atoms with E-state index in [0.29, 0.717) is 6.47 Å². The number of hydrogen-bond acceptors (Lipinski definition) is 3. The van der Waals surface area contributed by atoms with Crippen molar-refractivity contribution in [3.63, 3.8) is 0 Å². The van der Waals surface area contributed by atoms with Crippen LogP contribution < -0.4 is 0 Å². The third-order valence-corrected chi connectivity index (χ3v) is 2.59.